The fourth-order valence-corrected chi connectivity index (χ4v) is 2.31. The first-order valence-corrected chi connectivity index (χ1v) is 8.63. The largest absolute Gasteiger partial charge is 0.496 e. The predicted molar refractivity (Wildman–Crippen MR) is 106 cm³/mol. The number of carbonyl (C=O) groups excluding carboxylic acids is 4. The highest BCUT2D eigenvalue weighted by Crippen LogP contribution is 2.16. The summed E-state index contributed by atoms with van der Waals surface area (Å²) in [6, 6.07) is 13.0. The van der Waals surface area contributed by atoms with Crippen molar-refractivity contribution >= 4 is 35.1 Å². The summed E-state index contributed by atoms with van der Waals surface area (Å²) in [5.41, 5.74) is 1.35. The van der Waals surface area contributed by atoms with Crippen molar-refractivity contribution in [2.75, 3.05) is 30.9 Å². The highest BCUT2D eigenvalue weighted by molar-refractivity contribution is 5.98. The molecule has 0 saturated heterocycles. The lowest BCUT2D eigenvalue weighted by Gasteiger charge is -2.10. The molecule has 0 aliphatic heterocycles. The number of carbonyl (C=O) groups is 4. The molecule has 0 atom stereocenters. The Balaban J connectivity index is 1.75. The molecule has 3 N–H and O–H groups in total. The van der Waals surface area contributed by atoms with Gasteiger partial charge in [0.1, 0.15) is 12.3 Å². The third-order valence-corrected chi connectivity index (χ3v) is 3.60. The number of ether oxygens (including phenoxy) is 2. The number of hydrogen-bond acceptors (Lipinski definition) is 6. The second-order valence-electron chi connectivity index (χ2n) is 5.85. The SMILES string of the molecule is COc1ccccc1C(=O)NCC(=O)OCC(=O)Nc1ccc(NC(C)=O)cc1. The van der Waals surface area contributed by atoms with Crippen LogP contribution in [0, 0.1) is 0 Å². The molecule has 0 unspecified atom stereocenters. The molecule has 0 aliphatic carbocycles. The molecule has 0 saturated carbocycles. The van der Waals surface area contributed by atoms with Crippen molar-refractivity contribution in [1.29, 1.82) is 0 Å². The van der Waals surface area contributed by atoms with E-state index in [-0.39, 0.29) is 11.5 Å². The van der Waals surface area contributed by atoms with Crippen LogP contribution in [0.1, 0.15) is 17.3 Å². The van der Waals surface area contributed by atoms with E-state index in [1.165, 1.54) is 14.0 Å². The van der Waals surface area contributed by atoms with Crippen LogP contribution in [0.15, 0.2) is 48.5 Å². The number of nitrogens with one attached hydrogen (secondary N) is 3. The quantitative estimate of drug-likeness (QED) is 0.579. The van der Waals surface area contributed by atoms with Gasteiger partial charge in [-0.05, 0) is 36.4 Å². The zero-order valence-electron chi connectivity index (χ0n) is 16.0. The third kappa shape index (κ3) is 6.98. The Kier molecular flexibility index (Phi) is 7.72. The van der Waals surface area contributed by atoms with E-state index in [0.717, 1.165) is 0 Å². The van der Waals surface area contributed by atoms with E-state index in [1.807, 2.05) is 0 Å². The molecule has 0 radical (unpaired) electrons. The molecule has 0 heterocycles. The average molecular weight is 399 g/mol. The number of methoxy groups -OCH3 is 1. The van der Waals surface area contributed by atoms with Gasteiger partial charge in [0.05, 0.1) is 12.7 Å². The van der Waals surface area contributed by atoms with Crippen molar-refractivity contribution < 1.29 is 28.7 Å². The summed E-state index contributed by atoms with van der Waals surface area (Å²) in [5.74, 6) is -1.62. The van der Waals surface area contributed by atoms with Crippen molar-refractivity contribution in [2.45, 2.75) is 6.92 Å². The summed E-state index contributed by atoms with van der Waals surface area (Å²) < 4.78 is 9.93. The van der Waals surface area contributed by atoms with Crippen LogP contribution in [0.3, 0.4) is 0 Å². The number of para-hydroxylation sites is 1. The van der Waals surface area contributed by atoms with Gasteiger partial charge in [-0.15, -0.1) is 0 Å². The molecular formula is C20H21N3O6. The molecule has 2 rings (SSSR count). The Morgan fingerprint density at radius 2 is 1.52 bits per heavy atom. The molecule has 0 spiro atoms. The highest BCUT2D eigenvalue weighted by Gasteiger charge is 2.14. The topological polar surface area (TPSA) is 123 Å². The van der Waals surface area contributed by atoms with Gasteiger partial charge >= 0.3 is 5.97 Å². The van der Waals surface area contributed by atoms with Gasteiger partial charge < -0.3 is 25.4 Å². The van der Waals surface area contributed by atoms with Crippen molar-refractivity contribution in [3.8, 4) is 5.75 Å². The Morgan fingerprint density at radius 3 is 2.14 bits per heavy atom. The van der Waals surface area contributed by atoms with Crippen LogP contribution in [0.25, 0.3) is 0 Å². The Morgan fingerprint density at radius 1 is 0.897 bits per heavy atom. The Labute approximate surface area is 167 Å². The van der Waals surface area contributed by atoms with Gasteiger partial charge in [-0.3, -0.25) is 19.2 Å². The molecule has 0 bridgehead atoms. The van der Waals surface area contributed by atoms with Crippen molar-refractivity contribution in [1.82, 2.24) is 5.32 Å². The molecule has 29 heavy (non-hydrogen) atoms. The minimum absolute atomic E-state index is 0.202. The first-order chi connectivity index (χ1) is 13.9. The van der Waals surface area contributed by atoms with Crippen LogP contribution in [0.5, 0.6) is 5.75 Å². The van der Waals surface area contributed by atoms with Gasteiger partial charge in [-0.2, -0.15) is 0 Å². The predicted octanol–water partition coefficient (Wildman–Crippen LogP) is 1.57. The van der Waals surface area contributed by atoms with Crippen LogP contribution >= 0.6 is 0 Å². The summed E-state index contributed by atoms with van der Waals surface area (Å²) in [5, 5.41) is 7.56. The second-order valence-corrected chi connectivity index (χ2v) is 5.85. The van der Waals surface area contributed by atoms with Gasteiger partial charge in [-0.1, -0.05) is 12.1 Å². The van der Waals surface area contributed by atoms with Crippen LogP contribution in [-0.2, 0) is 19.1 Å². The van der Waals surface area contributed by atoms with Crippen molar-refractivity contribution in [2.24, 2.45) is 0 Å². The van der Waals surface area contributed by atoms with E-state index in [4.69, 9.17) is 9.47 Å². The molecule has 2 aromatic carbocycles. The molecule has 152 valence electrons. The summed E-state index contributed by atoms with van der Waals surface area (Å²) >= 11 is 0. The fraction of sp³-hybridized carbons (Fsp3) is 0.200. The second kappa shape index (κ2) is 10.5. The zero-order valence-corrected chi connectivity index (χ0v) is 16.0. The Hall–Kier alpha value is -3.88. The minimum Gasteiger partial charge on any atom is -0.496 e. The maximum atomic E-state index is 12.1. The van der Waals surface area contributed by atoms with E-state index in [9.17, 15) is 19.2 Å². The third-order valence-electron chi connectivity index (χ3n) is 3.60. The maximum Gasteiger partial charge on any atom is 0.325 e. The number of hydrogen-bond donors (Lipinski definition) is 3. The number of rotatable bonds is 8. The molecule has 9 nitrogen and oxygen atoms in total. The summed E-state index contributed by atoms with van der Waals surface area (Å²) in [7, 11) is 1.44. The van der Waals surface area contributed by atoms with Crippen LogP contribution in [0.2, 0.25) is 0 Å². The van der Waals surface area contributed by atoms with Crippen LogP contribution in [0.4, 0.5) is 11.4 Å². The van der Waals surface area contributed by atoms with E-state index < -0.39 is 30.9 Å². The number of esters is 1. The van der Waals surface area contributed by atoms with Crippen LogP contribution < -0.4 is 20.7 Å². The lowest BCUT2D eigenvalue weighted by molar-refractivity contribution is -0.146. The molecule has 0 fully saturated rings. The maximum absolute atomic E-state index is 12.1. The first-order valence-electron chi connectivity index (χ1n) is 8.63. The van der Waals surface area contributed by atoms with Gasteiger partial charge in [0.2, 0.25) is 5.91 Å². The standard InChI is InChI=1S/C20H21N3O6/c1-13(24)22-14-7-9-15(10-8-14)23-18(25)12-29-19(26)11-21-20(27)16-5-3-4-6-17(16)28-2/h3-10H,11-12H2,1-2H3,(H,21,27)(H,22,24)(H,23,25). The lowest BCUT2D eigenvalue weighted by Crippen LogP contribution is -2.32. The summed E-state index contributed by atoms with van der Waals surface area (Å²) in [6.45, 7) is 0.495. The van der Waals surface area contributed by atoms with Gasteiger partial charge in [-0.25, -0.2) is 0 Å². The first kappa shape index (κ1) is 21.4. The number of anilines is 2. The highest BCUT2D eigenvalue weighted by atomic mass is 16.5. The Bertz CT molecular complexity index is 895. The summed E-state index contributed by atoms with van der Waals surface area (Å²) in [4.78, 5) is 46.7. The summed E-state index contributed by atoms with van der Waals surface area (Å²) in [6.07, 6.45) is 0. The normalized spacial score (nSPS) is 9.86. The monoisotopic (exact) mass is 399 g/mol. The molecule has 9 heteroatoms. The van der Waals surface area contributed by atoms with Crippen molar-refractivity contribution in [3.05, 3.63) is 54.1 Å². The molecule has 2 aromatic rings. The van der Waals surface area contributed by atoms with E-state index in [1.54, 1.807) is 48.5 Å². The van der Waals surface area contributed by atoms with Crippen LogP contribution in [-0.4, -0.2) is 44.0 Å². The van der Waals surface area contributed by atoms with E-state index in [0.29, 0.717) is 17.1 Å². The molecule has 3 amide bonds. The zero-order chi connectivity index (χ0) is 21.2. The smallest absolute Gasteiger partial charge is 0.325 e. The van der Waals surface area contributed by atoms with Gasteiger partial charge in [0.15, 0.2) is 6.61 Å². The van der Waals surface area contributed by atoms with Gasteiger partial charge in [0, 0.05) is 18.3 Å². The lowest BCUT2D eigenvalue weighted by atomic mass is 10.2. The molecule has 0 aliphatic rings. The molecule has 0 aromatic heterocycles. The number of benzene rings is 2. The average Bonchev–Trinajstić information content (AvgIpc) is 2.71. The number of amides is 3. The van der Waals surface area contributed by atoms with E-state index in [2.05, 4.69) is 16.0 Å². The van der Waals surface area contributed by atoms with E-state index >= 15 is 0 Å². The van der Waals surface area contributed by atoms with Crippen molar-refractivity contribution in [3.63, 3.8) is 0 Å². The molecular weight excluding hydrogens is 378 g/mol. The minimum atomic E-state index is -0.760. The van der Waals surface area contributed by atoms with Gasteiger partial charge in [0.25, 0.3) is 11.8 Å². The fourth-order valence-electron chi connectivity index (χ4n) is 2.31.